The number of nitrogens with one attached hydrogen (secondary N) is 2. The van der Waals surface area contributed by atoms with Crippen LogP contribution in [-0.4, -0.2) is 99.1 Å². The molecule has 13 nitrogen and oxygen atoms in total. The van der Waals surface area contributed by atoms with E-state index in [0.29, 0.717) is 42.5 Å². The lowest BCUT2D eigenvalue weighted by molar-refractivity contribution is -0.209. The zero-order valence-electron chi connectivity index (χ0n) is 28.3. The summed E-state index contributed by atoms with van der Waals surface area (Å²) in [5.74, 6) is -2.12. The number of anilines is 2. The molecule has 3 N–H and O–H groups in total. The number of imidazole rings is 1. The number of benzene rings is 2. The quantitative estimate of drug-likeness (QED) is 0.206. The van der Waals surface area contributed by atoms with Gasteiger partial charge in [-0.05, 0) is 49.7 Å². The highest BCUT2D eigenvalue weighted by Crippen LogP contribution is 2.38. The smallest absolute Gasteiger partial charge is 0.451 e. The Bertz CT molecular complexity index is 1940. The maximum atomic E-state index is 13.4. The van der Waals surface area contributed by atoms with Crippen LogP contribution >= 0.6 is 0 Å². The van der Waals surface area contributed by atoms with Crippen LogP contribution in [0.2, 0.25) is 0 Å². The predicted octanol–water partition coefficient (Wildman–Crippen LogP) is 3.79. The van der Waals surface area contributed by atoms with E-state index in [2.05, 4.69) is 26.6 Å². The molecular weight excluding hydrogens is 667 g/mol. The highest BCUT2D eigenvalue weighted by molar-refractivity contribution is 5.85. The monoisotopic (exact) mass is 705 g/mol. The van der Waals surface area contributed by atoms with Crippen LogP contribution in [0.4, 0.5) is 24.9 Å². The van der Waals surface area contributed by atoms with Crippen molar-refractivity contribution >= 4 is 34.8 Å². The molecule has 4 aromatic rings. The van der Waals surface area contributed by atoms with Crippen LogP contribution < -0.4 is 15.5 Å². The van der Waals surface area contributed by atoms with Gasteiger partial charge in [0.2, 0.25) is 11.9 Å². The van der Waals surface area contributed by atoms with Gasteiger partial charge in [-0.15, -0.1) is 0 Å². The Balaban J connectivity index is 1.35. The second-order valence-electron chi connectivity index (χ2n) is 12.9. The molecule has 0 radical (unpaired) electrons. The number of rotatable bonds is 10. The number of aliphatic hydroxyl groups is 1. The molecule has 1 aliphatic carbocycles. The number of nitriles is 1. The summed E-state index contributed by atoms with van der Waals surface area (Å²) in [7, 11) is 3.98. The van der Waals surface area contributed by atoms with E-state index in [4.69, 9.17) is 14.7 Å². The van der Waals surface area contributed by atoms with Crippen molar-refractivity contribution in [3.05, 3.63) is 66.0 Å². The number of halogens is 3. The molecule has 3 heterocycles. The fourth-order valence-electron chi connectivity index (χ4n) is 6.63. The first-order valence-corrected chi connectivity index (χ1v) is 16.6. The molecule has 2 aromatic heterocycles. The SMILES string of the molecule is CCC(=O)N[C@H]1C[C@@H](n2cnc3c(NCc4ccc(-c5ccccc5C#N)cc4)nc(N4CC[C@@H](N(C)C)C4)nc32)[C@H](OC(=O)C(F)(F)F)[C@@H]1O. The van der Waals surface area contributed by atoms with E-state index in [1.807, 2.05) is 61.5 Å². The third-order valence-corrected chi connectivity index (χ3v) is 9.48. The summed E-state index contributed by atoms with van der Waals surface area (Å²) in [6.45, 7) is 3.23. The van der Waals surface area contributed by atoms with E-state index < -0.39 is 42.3 Å². The highest BCUT2D eigenvalue weighted by Gasteiger charge is 2.51. The summed E-state index contributed by atoms with van der Waals surface area (Å²) in [6.07, 6.45) is -6.32. The maximum absolute atomic E-state index is 13.4. The van der Waals surface area contributed by atoms with Crippen molar-refractivity contribution in [2.45, 2.75) is 69.2 Å². The Morgan fingerprint density at radius 3 is 2.55 bits per heavy atom. The molecule has 0 unspecified atom stereocenters. The Kier molecular flexibility index (Phi) is 10.1. The predicted molar refractivity (Wildman–Crippen MR) is 181 cm³/mol. The lowest BCUT2D eigenvalue weighted by Crippen LogP contribution is -2.45. The number of carbonyl (C=O) groups is 2. The Hall–Kier alpha value is -5.27. The molecule has 0 spiro atoms. The van der Waals surface area contributed by atoms with Gasteiger partial charge in [-0.25, -0.2) is 9.78 Å². The zero-order chi connectivity index (χ0) is 36.4. The molecule has 16 heteroatoms. The number of alkyl halides is 3. The second-order valence-corrected chi connectivity index (χ2v) is 12.9. The van der Waals surface area contributed by atoms with Crippen molar-refractivity contribution in [2.24, 2.45) is 0 Å². The summed E-state index contributed by atoms with van der Waals surface area (Å²) in [4.78, 5) is 42.6. The van der Waals surface area contributed by atoms with Crippen LogP contribution in [0.3, 0.4) is 0 Å². The van der Waals surface area contributed by atoms with Crippen LogP contribution in [0.1, 0.15) is 43.4 Å². The summed E-state index contributed by atoms with van der Waals surface area (Å²) >= 11 is 0. The van der Waals surface area contributed by atoms with Gasteiger partial charge in [-0.2, -0.15) is 28.4 Å². The van der Waals surface area contributed by atoms with Gasteiger partial charge >= 0.3 is 12.1 Å². The number of ether oxygens (including phenoxy) is 1. The molecule has 268 valence electrons. The first-order valence-electron chi connectivity index (χ1n) is 16.6. The number of aliphatic hydroxyl groups excluding tert-OH is 1. The number of fused-ring (bicyclic) bond motifs is 1. The lowest BCUT2D eigenvalue weighted by Gasteiger charge is -2.25. The number of nitrogens with zero attached hydrogens (tertiary/aromatic N) is 7. The lowest BCUT2D eigenvalue weighted by atomic mass is 9.99. The minimum absolute atomic E-state index is 0.0516. The Morgan fingerprint density at radius 2 is 1.88 bits per heavy atom. The summed E-state index contributed by atoms with van der Waals surface area (Å²) in [6, 6.07) is 15.5. The van der Waals surface area contributed by atoms with Gasteiger partial charge in [-0.3, -0.25) is 4.79 Å². The Morgan fingerprint density at radius 1 is 1.14 bits per heavy atom. The fraction of sp³-hybridized carbons (Fsp3) is 0.429. The fourth-order valence-corrected chi connectivity index (χ4v) is 6.63. The molecule has 1 saturated heterocycles. The first kappa shape index (κ1) is 35.6. The standard InChI is InChI=1S/C35H38F3N9O4/c1-4-27(48)42-25-15-26(30(29(25)49)51-33(50)35(36,37)38)47-19-41-28-31(43-34(44-32(28)47)46-14-13-23(18-46)45(2)3)40-17-20-9-11-21(12-10-20)24-8-6-5-7-22(24)16-39/h5-12,19,23,25-26,29-30,49H,4,13-15,17-18H2,1-3H3,(H,42,48)(H,40,43,44)/t23-,25+,26-,29-,30+/m1/s1. The van der Waals surface area contributed by atoms with Gasteiger partial charge in [0.05, 0.1) is 30.0 Å². The number of hydrogen-bond acceptors (Lipinski definition) is 11. The van der Waals surface area contributed by atoms with Gasteiger partial charge in [0.1, 0.15) is 6.10 Å². The number of likely N-dealkylation sites (N-methyl/N-ethyl adjacent to an activating group) is 1. The van der Waals surface area contributed by atoms with Gasteiger partial charge < -0.3 is 34.8 Å². The molecule has 1 saturated carbocycles. The van der Waals surface area contributed by atoms with E-state index in [9.17, 15) is 33.1 Å². The number of hydrogen-bond donors (Lipinski definition) is 3. The summed E-state index contributed by atoms with van der Waals surface area (Å²) in [5, 5.41) is 26.6. The second kappa shape index (κ2) is 14.5. The van der Waals surface area contributed by atoms with E-state index in [0.717, 1.165) is 23.1 Å². The van der Waals surface area contributed by atoms with Crippen molar-refractivity contribution in [3.8, 4) is 17.2 Å². The zero-order valence-corrected chi connectivity index (χ0v) is 28.3. The van der Waals surface area contributed by atoms with E-state index in [1.54, 1.807) is 13.0 Å². The minimum Gasteiger partial charge on any atom is -0.451 e. The third kappa shape index (κ3) is 7.45. The van der Waals surface area contributed by atoms with Crippen LogP contribution in [0.15, 0.2) is 54.9 Å². The Labute approximate surface area is 292 Å². The van der Waals surface area contributed by atoms with Crippen LogP contribution in [0.25, 0.3) is 22.3 Å². The summed E-state index contributed by atoms with van der Waals surface area (Å²) < 4.78 is 46.4. The average Bonchev–Trinajstić information content (AvgIpc) is 3.85. The van der Waals surface area contributed by atoms with Crippen molar-refractivity contribution < 1.29 is 32.6 Å². The largest absolute Gasteiger partial charge is 0.490 e. The minimum atomic E-state index is -5.30. The number of aromatic nitrogens is 4. The third-order valence-electron chi connectivity index (χ3n) is 9.48. The average molecular weight is 706 g/mol. The van der Waals surface area contributed by atoms with Crippen molar-refractivity contribution in [1.82, 2.24) is 29.7 Å². The van der Waals surface area contributed by atoms with Gasteiger partial charge in [-0.1, -0.05) is 49.4 Å². The summed E-state index contributed by atoms with van der Waals surface area (Å²) in [5.41, 5.74) is 3.75. The maximum Gasteiger partial charge on any atom is 0.490 e. The molecule has 1 amide bonds. The van der Waals surface area contributed by atoms with Crippen molar-refractivity contribution in [2.75, 3.05) is 37.4 Å². The van der Waals surface area contributed by atoms with E-state index in [1.165, 1.54) is 10.9 Å². The normalized spacial score (nSPS) is 21.9. The molecule has 5 atom stereocenters. The molecule has 0 bridgehead atoms. The molecule has 1 aliphatic heterocycles. The van der Waals surface area contributed by atoms with Gasteiger partial charge in [0, 0.05) is 32.1 Å². The number of carbonyl (C=O) groups excluding carboxylic acids is 2. The topological polar surface area (TPSA) is 162 Å². The molecule has 2 aliphatic rings. The molecule has 6 rings (SSSR count). The molecular formula is C35H38F3N9O4. The number of amides is 1. The van der Waals surface area contributed by atoms with E-state index in [-0.39, 0.29) is 24.5 Å². The van der Waals surface area contributed by atoms with Crippen LogP contribution in [0, 0.1) is 11.3 Å². The highest BCUT2D eigenvalue weighted by atomic mass is 19.4. The van der Waals surface area contributed by atoms with Gasteiger partial charge in [0.25, 0.3) is 0 Å². The molecule has 2 aromatic carbocycles. The van der Waals surface area contributed by atoms with Crippen LogP contribution in [0.5, 0.6) is 0 Å². The first-order chi connectivity index (χ1) is 24.4. The molecule has 2 fully saturated rings. The van der Waals surface area contributed by atoms with Crippen LogP contribution in [-0.2, 0) is 20.9 Å². The molecule has 51 heavy (non-hydrogen) atoms. The van der Waals surface area contributed by atoms with Crippen molar-refractivity contribution in [3.63, 3.8) is 0 Å². The van der Waals surface area contributed by atoms with E-state index >= 15 is 0 Å². The van der Waals surface area contributed by atoms with Gasteiger partial charge in [0.15, 0.2) is 23.1 Å². The van der Waals surface area contributed by atoms with Crippen molar-refractivity contribution in [1.29, 1.82) is 5.26 Å². The number of esters is 1.